The molecule has 1 unspecified atom stereocenters. The second-order valence-electron chi connectivity index (χ2n) is 6.09. The molecule has 6 heteroatoms. The fourth-order valence-corrected chi connectivity index (χ4v) is 2.96. The van der Waals surface area contributed by atoms with Crippen LogP contribution in [-0.4, -0.2) is 31.8 Å². The molecule has 1 aromatic rings. The molecule has 0 bridgehead atoms. The van der Waals surface area contributed by atoms with Crippen molar-refractivity contribution in [2.24, 2.45) is 10.7 Å². The number of rotatable bonds is 5. The van der Waals surface area contributed by atoms with E-state index in [1.165, 1.54) is 18.2 Å². The molecule has 3 rings (SSSR count). The van der Waals surface area contributed by atoms with Crippen LogP contribution in [0.2, 0.25) is 0 Å². The summed E-state index contributed by atoms with van der Waals surface area (Å²) in [6.45, 7) is 1.71. The summed E-state index contributed by atoms with van der Waals surface area (Å²) in [6, 6.07) is 3.97. The second kappa shape index (κ2) is 6.20. The maximum atomic E-state index is 13.9. The van der Waals surface area contributed by atoms with E-state index >= 15 is 0 Å². The molecule has 4 nitrogen and oxygen atoms in total. The average molecular weight is 309 g/mol. The van der Waals surface area contributed by atoms with Crippen LogP contribution in [0.4, 0.5) is 8.78 Å². The largest absolute Gasteiger partial charge is 0.376 e. The first-order valence-corrected chi connectivity index (χ1v) is 7.71. The summed E-state index contributed by atoms with van der Waals surface area (Å²) in [4.78, 5) is 4.27. The van der Waals surface area contributed by atoms with Crippen LogP contribution < -0.4 is 11.1 Å². The lowest BCUT2D eigenvalue weighted by Gasteiger charge is -2.16. The van der Waals surface area contributed by atoms with Crippen LogP contribution in [0.5, 0.6) is 0 Å². The van der Waals surface area contributed by atoms with E-state index < -0.39 is 17.0 Å². The molecular weight excluding hydrogens is 288 g/mol. The molecule has 1 aliphatic heterocycles. The summed E-state index contributed by atoms with van der Waals surface area (Å²) in [6.07, 6.45) is 3.72. The topological polar surface area (TPSA) is 59.6 Å². The van der Waals surface area contributed by atoms with Crippen molar-refractivity contribution in [3.05, 3.63) is 35.4 Å². The summed E-state index contributed by atoms with van der Waals surface area (Å²) in [5.74, 6) is -0.698. The van der Waals surface area contributed by atoms with Crippen LogP contribution in [0.1, 0.15) is 31.2 Å². The van der Waals surface area contributed by atoms with Crippen molar-refractivity contribution in [1.82, 2.24) is 5.32 Å². The number of guanidine groups is 1. The van der Waals surface area contributed by atoms with Crippen molar-refractivity contribution >= 4 is 5.96 Å². The summed E-state index contributed by atoms with van der Waals surface area (Å²) >= 11 is 0. The molecular formula is C16H21F2N3O. The number of nitrogens with one attached hydrogen (secondary N) is 1. The second-order valence-corrected chi connectivity index (χ2v) is 6.09. The zero-order valence-corrected chi connectivity index (χ0v) is 12.4. The fraction of sp³-hybridized carbons (Fsp3) is 0.562. The van der Waals surface area contributed by atoms with Crippen molar-refractivity contribution in [2.45, 2.75) is 37.2 Å². The highest BCUT2D eigenvalue weighted by molar-refractivity contribution is 5.78. The van der Waals surface area contributed by atoms with Gasteiger partial charge in [0.05, 0.1) is 12.6 Å². The van der Waals surface area contributed by atoms with Crippen molar-refractivity contribution in [3.63, 3.8) is 0 Å². The first-order chi connectivity index (χ1) is 10.6. The number of aliphatic imine (C=N–C) groups is 1. The van der Waals surface area contributed by atoms with Crippen molar-refractivity contribution in [1.29, 1.82) is 0 Å². The zero-order chi connectivity index (χ0) is 15.6. The SMILES string of the molecule is NC(=NCC1(c2c(F)cccc2F)CC1)NCC1CCCO1. The Kier molecular flexibility index (Phi) is 4.29. The lowest BCUT2D eigenvalue weighted by atomic mass is 9.95. The van der Waals surface area contributed by atoms with Gasteiger partial charge in [-0.15, -0.1) is 0 Å². The number of ether oxygens (including phenoxy) is 1. The van der Waals surface area contributed by atoms with Crippen molar-refractivity contribution in [3.8, 4) is 0 Å². The van der Waals surface area contributed by atoms with Gasteiger partial charge < -0.3 is 15.8 Å². The molecule has 3 N–H and O–H groups in total. The van der Waals surface area contributed by atoms with Crippen molar-refractivity contribution < 1.29 is 13.5 Å². The molecule has 1 aliphatic carbocycles. The van der Waals surface area contributed by atoms with Gasteiger partial charge in [0.25, 0.3) is 0 Å². The van der Waals surface area contributed by atoms with Gasteiger partial charge in [-0.3, -0.25) is 4.99 Å². The number of hydrogen-bond acceptors (Lipinski definition) is 2. The Bertz CT molecular complexity index is 546. The Balaban J connectivity index is 1.61. The highest BCUT2D eigenvalue weighted by Gasteiger charge is 2.47. The summed E-state index contributed by atoms with van der Waals surface area (Å²) < 4.78 is 33.3. The Morgan fingerprint density at radius 2 is 2.09 bits per heavy atom. The quantitative estimate of drug-likeness (QED) is 0.647. The van der Waals surface area contributed by atoms with Crippen LogP contribution in [-0.2, 0) is 10.2 Å². The highest BCUT2D eigenvalue weighted by atomic mass is 19.1. The van der Waals surface area contributed by atoms with Crippen LogP contribution in [0.25, 0.3) is 0 Å². The van der Waals surface area contributed by atoms with E-state index in [0.717, 1.165) is 32.3 Å². The standard InChI is InChI=1S/C16H21F2N3O/c17-12-4-1-5-13(18)14(12)16(6-7-16)10-21-15(19)20-9-11-3-2-8-22-11/h1,4-5,11H,2-3,6-10H2,(H3,19,20,21). The third-order valence-electron chi connectivity index (χ3n) is 4.43. The normalized spacial score (nSPS) is 23.5. The molecule has 1 atom stereocenters. The summed E-state index contributed by atoms with van der Waals surface area (Å²) in [5.41, 5.74) is 5.44. The molecule has 120 valence electrons. The molecule has 2 fully saturated rings. The Morgan fingerprint density at radius 1 is 1.36 bits per heavy atom. The van der Waals surface area contributed by atoms with E-state index in [4.69, 9.17) is 10.5 Å². The van der Waals surface area contributed by atoms with Gasteiger partial charge in [-0.25, -0.2) is 8.78 Å². The van der Waals surface area contributed by atoms with Crippen LogP contribution in [0.15, 0.2) is 23.2 Å². The number of hydrogen-bond donors (Lipinski definition) is 2. The number of nitrogens with two attached hydrogens (primary N) is 1. The maximum Gasteiger partial charge on any atom is 0.188 e. The first kappa shape index (κ1) is 15.2. The smallest absolute Gasteiger partial charge is 0.188 e. The Labute approximate surface area is 128 Å². The fourth-order valence-electron chi connectivity index (χ4n) is 2.96. The Morgan fingerprint density at radius 3 is 2.68 bits per heavy atom. The molecule has 1 aromatic carbocycles. The summed E-state index contributed by atoms with van der Waals surface area (Å²) in [5, 5.41) is 3.02. The highest BCUT2D eigenvalue weighted by Crippen LogP contribution is 2.50. The van der Waals surface area contributed by atoms with Crippen LogP contribution in [0, 0.1) is 11.6 Å². The minimum absolute atomic E-state index is 0.144. The van der Waals surface area contributed by atoms with Gasteiger partial charge in [0, 0.05) is 24.1 Å². The maximum absolute atomic E-state index is 13.9. The van der Waals surface area contributed by atoms with Gasteiger partial charge in [-0.05, 0) is 37.8 Å². The van der Waals surface area contributed by atoms with Gasteiger partial charge in [0.1, 0.15) is 11.6 Å². The van der Waals surface area contributed by atoms with E-state index in [1.807, 2.05) is 0 Å². The van der Waals surface area contributed by atoms with Gasteiger partial charge in [0.2, 0.25) is 0 Å². The van der Waals surface area contributed by atoms with Gasteiger partial charge in [-0.1, -0.05) is 6.07 Å². The molecule has 1 heterocycles. The third-order valence-corrected chi connectivity index (χ3v) is 4.43. The molecule has 0 radical (unpaired) electrons. The zero-order valence-electron chi connectivity index (χ0n) is 12.4. The first-order valence-electron chi connectivity index (χ1n) is 7.71. The number of halogens is 2. The molecule has 1 saturated carbocycles. The lowest BCUT2D eigenvalue weighted by Crippen LogP contribution is -2.37. The minimum atomic E-state index is -0.536. The van der Waals surface area contributed by atoms with Gasteiger partial charge in [-0.2, -0.15) is 0 Å². The summed E-state index contributed by atoms with van der Waals surface area (Å²) in [7, 11) is 0. The minimum Gasteiger partial charge on any atom is -0.376 e. The van der Waals surface area contributed by atoms with E-state index in [9.17, 15) is 8.78 Å². The molecule has 0 spiro atoms. The average Bonchev–Trinajstić information content (AvgIpc) is 3.08. The number of benzene rings is 1. The molecule has 0 amide bonds. The van der Waals surface area contributed by atoms with E-state index in [2.05, 4.69) is 10.3 Å². The van der Waals surface area contributed by atoms with E-state index in [0.29, 0.717) is 19.0 Å². The van der Waals surface area contributed by atoms with Crippen molar-refractivity contribution in [2.75, 3.05) is 19.7 Å². The van der Waals surface area contributed by atoms with Crippen LogP contribution >= 0.6 is 0 Å². The van der Waals surface area contributed by atoms with Crippen LogP contribution in [0.3, 0.4) is 0 Å². The molecule has 0 aromatic heterocycles. The molecule has 1 saturated heterocycles. The van der Waals surface area contributed by atoms with E-state index in [-0.39, 0.29) is 11.7 Å². The number of nitrogens with zero attached hydrogens (tertiary/aromatic N) is 1. The molecule has 2 aliphatic rings. The predicted octanol–water partition coefficient (Wildman–Crippen LogP) is 2.08. The van der Waals surface area contributed by atoms with E-state index in [1.54, 1.807) is 0 Å². The van der Waals surface area contributed by atoms with Gasteiger partial charge in [0.15, 0.2) is 5.96 Å². The lowest BCUT2D eigenvalue weighted by molar-refractivity contribution is 0.114. The molecule has 22 heavy (non-hydrogen) atoms. The predicted molar refractivity (Wildman–Crippen MR) is 80.7 cm³/mol. The van der Waals surface area contributed by atoms with Gasteiger partial charge >= 0.3 is 0 Å². The third kappa shape index (κ3) is 3.21. The monoisotopic (exact) mass is 309 g/mol. The Hall–Kier alpha value is -1.69.